The van der Waals surface area contributed by atoms with Crippen molar-refractivity contribution < 1.29 is 14.7 Å². The predicted molar refractivity (Wildman–Crippen MR) is 72.5 cm³/mol. The van der Waals surface area contributed by atoms with Crippen molar-refractivity contribution in [3.05, 3.63) is 0 Å². The Balaban J connectivity index is 2.77. The number of thioether (sulfide) groups is 1. The van der Waals surface area contributed by atoms with E-state index in [0.29, 0.717) is 12.3 Å². The van der Waals surface area contributed by atoms with Crippen LogP contribution in [0.2, 0.25) is 0 Å². The van der Waals surface area contributed by atoms with Gasteiger partial charge in [-0.1, -0.05) is 20.8 Å². The highest BCUT2D eigenvalue weighted by Crippen LogP contribution is 2.24. The molecule has 2 unspecified atom stereocenters. The van der Waals surface area contributed by atoms with Crippen LogP contribution in [0.1, 0.15) is 27.2 Å². The summed E-state index contributed by atoms with van der Waals surface area (Å²) in [7, 11) is 0. The SMILES string of the molecule is CC(C)(C)C(N)C(=O)N1CCSCC1CC(=O)O. The van der Waals surface area contributed by atoms with Crippen LogP contribution in [-0.2, 0) is 9.59 Å². The molecule has 0 aliphatic carbocycles. The molecule has 1 amide bonds. The average molecular weight is 274 g/mol. The minimum Gasteiger partial charge on any atom is -0.481 e. The van der Waals surface area contributed by atoms with Crippen molar-refractivity contribution in [3.8, 4) is 0 Å². The summed E-state index contributed by atoms with van der Waals surface area (Å²) in [5, 5.41) is 8.89. The van der Waals surface area contributed by atoms with Crippen LogP contribution in [-0.4, -0.2) is 52.0 Å². The number of hydrogen-bond donors (Lipinski definition) is 2. The van der Waals surface area contributed by atoms with E-state index in [9.17, 15) is 9.59 Å². The molecule has 0 aromatic carbocycles. The molecule has 3 N–H and O–H groups in total. The molecule has 0 saturated carbocycles. The fourth-order valence-corrected chi connectivity index (χ4v) is 2.93. The maximum Gasteiger partial charge on any atom is 0.305 e. The summed E-state index contributed by atoms with van der Waals surface area (Å²) in [5.41, 5.74) is 5.66. The number of amides is 1. The first-order valence-corrected chi connectivity index (χ1v) is 7.24. The summed E-state index contributed by atoms with van der Waals surface area (Å²) in [4.78, 5) is 24.8. The Morgan fingerprint density at radius 1 is 1.50 bits per heavy atom. The maximum absolute atomic E-state index is 12.3. The molecule has 1 heterocycles. The Morgan fingerprint density at radius 3 is 2.61 bits per heavy atom. The molecule has 0 radical (unpaired) electrons. The molecule has 6 heteroatoms. The van der Waals surface area contributed by atoms with Gasteiger partial charge >= 0.3 is 5.97 Å². The van der Waals surface area contributed by atoms with E-state index in [2.05, 4.69) is 0 Å². The molecule has 1 saturated heterocycles. The zero-order valence-corrected chi connectivity index (χ0v) is 12.0. The fraction of sp³-hybridized carbons (Fsp3) is 0.833. The standard InChI is InChI=1S/C12H22N2O3S/c1-12(2,3)10(13)11(17)14-4-5-18-7-8(14)6-9(15)16/h8,10H,4-7,13H2,1-3H3,(H,15,16). The van der Waals surface area contributed by atoms with Crippen molar-refractivity contribution in [1.29, 1.82) is 0 Å². The second-order valence-electron chi connectivity index (χ2n) is 5.70. The fourth-order valence-electron chi connectivity index (χ4n) is 1.86. The number of nitrogens with zero attached hydrogens (tertiary/aromatic N) is 1. The van der Waals surface area contributed by atoms with Gasteiger partial charge in [-0.15, -0.1) is 0 Å². The van der Waals surface area contributed by atoms with Crippen molar-refractivity contribution in [1.82, 2.24) is 4.90 Å². The Hall–Kier alpha value is -0.750. The van der Waals surface area contributed by atoms with Gasteiger partial charge in [0.15, 0.2) is 0 Å². The van der Waals surface area contributed by atoms with Crippen molar-refractivity contribution >= 4 is 23.6 Å². The van der Waals surface area contributed by atoms with Gasteiger partial charge < -0.3 is 15.7 Å². The first-order chi connectivity index (χ1) is 8.23. The molecular weight excluding hydrogens is 252 g/mol. The van der Waals surface area contributed by atoms with Gasteiger partial charge in [-0.05, 0) is 5.41 Å². The van der Waals surface area contributed by atoms with Crippen molar-refractivity contribution in [2.75, 3.05) is 18.1 Å². The Bertz CT molecular complexity index is 328. The molecule has 104 valence electrons. The highest BCUT2D eigenvalue weighted by Gasteiger charge is 2.36. The smallest absolute Gasteiger partial charge is 0.305 e. The van der Waals surface area contributed by atoms with E-state index in [4.69, 9.17) is 10.8 Å². The van der Waals surface area contributed by atoms with Crippen LogP contribution in [0.4, 0.5) is 0 Å². The van der Waals surface area contributed by atoms with E-state index < -0.39 is 12.0 Å². The molecule has 0 aromatic heterocycles. The number of carbonyl (C=O) groups is 2. The zero-order valence-electron chi connectivity index (χ0n) is 11.2. The Morgan fingerprint density at radius 2 is 2.11 bits per heavy atom. The lowest BCUT2D eigenvalue weighted by Gasteiger charge is -2.38. The molecule has 1 aliphatic heterocycles. The summed E-state index contributed by atoms with van der Waals surface area (Å²) >= 11 is 1.69. The molecule has 1 rings (SSSR count). The van der Waals surface area contributed by atoms with E-state index in [1.165, 1.54) is 0 Å². The van der Waals surface area contributed by atoms with Gasteiger partial charge in [0.2, 0.25) is 5.91 Å². The van der Waals surface area contributed by atoms with Gasteiger partial charge in [-0.3, -0.25) is 9.59 Å². The molecule has 2 atom stereocenters. The van der Waals surface area contributed by atoms with Crippen molar-refractivity contribution in [2.45, 2.75) is 39.3 Å². The number of hydrogen-bond acceptors (Lipinski definition) is 4. The van der Waals surface area contributed by atoms with Crippen LogP contribution in [0.5, 0.6) is 0 Å². The van der Waals surface area contributed by atoms with Gasteiger partial charge in [-0.25, -0.2) is 0 Å². The third-order valence-corrected chi connectivity index (χ3v) is 4.21. The summed E-state index contributed by atoms with van der Waals surface area (Å²) < 4.78 is 0. The minimum absolute atomic E-state index is 0.00436. The molecule has 0 aromatic rings. The zero-order chi connectivity index (χ0) is 13.9. The van der Waals surface area contributed by atoms with Crippen LogP contribution in [0, 0.1) is 5.41 Å². The van der Waals surface area contributed by atoms with Crippen LogP contribution in [0.15, 0.2) is 0 Å². The second kappa shape index (κ2) is 5.93. The molecule has 18 heavy (non-hydrogen) atoms. The normalized spacial score (nSPS) is 22.7. The van der Waals surface area contributed by atoms with Gasteiger partial charge in [0, 0.05) is 18.1 Å². The lowest BCUT2D eigenvalue weighted by molar-refractivity contribution is -0.141. The highest BCUT2D eigenvalue weighted by atomic mass is 32.2. The third kappa shape index (κ3) is 3.88. The maximum atomic E-state index is 12.3. The van der Waals surface area contributed by atoms with Gasteiger partial charge in [0.1, 0.15) is 0 Å². The lowest BCUT2D eigenvalue weighted by atomic mass is 9.86. The number of carboxylic acids is 1. The monoisotopic (exact) mass is 274 g/mol. The van der Waals surface area contributed by atoms with E-state index in [0.717, 1.165) is 5.75 Å². The number of carbonyl (C=O) groups excluding carboxylic acids is 1. The molecule has 1 aliphatic rings. The summed E-state index contributed by atoms with van der Waals surface area (Å²) in [6, 6.07) is -0.820. The molecule has 0 bridgehead atoms. The topological polar surface area (TPSA) is 83.6 Å². The minimum atomic E-state index is -0.871. The first kappa shape index (κ1) is 15.3. The lowest BCUT2D eigenvalue weighted by Crippen LogP contribution is -2.56. The van der Waals surface area contributed by atoms with E-state index in [1.807, 2.05) is 20.8 Å². The first-order valence-electron chi connectivity index (χ1n) is 6.09. The highest BCUT2D eigenvalue weighted by molar-refractivity contribution is 7.99. The van der Waals surface area contributed by atoms with Gasteiger partial charge in [-0.2, -0.15) is 11.8 Å². The number of carboxylic acid groups (broad SMARTS) is 1. The molecular formula is C12H22N2O3S. The molecule has 5 nitrogen and oxygen atoms in total. The number of nitrogens with two attached hydrogens (primary N) is 1. The van der Waals surface area contributed by atoms with E-state index >= 15 is 0 Å². The largest absolute Gasteiger partial charge is 0.481 e. The average Bonchev–Trinajstić information content (AvgIpc) is 2.26. The van der Waals surface area contributed by atoms with Crippen LogP contribution in [0.3, 0.4) is 0 Å². The van der Waals surface area contributed by atoms with Crippen LogP contribution >= 0.6 is 11.8 Å². The summed E-state index contributed by atoms with van der Waals surface area (Å²) in [6.45, 7) is 6.34. The van der Waals surface area contributed by atoms with Crippen molar-refractivity contribution in [2.24, 2.45) is 11.1 Å². The third-order valence-electron chi connectivity index (χ3n) is 3.12. The number of rotatable bonds is 3. The number of aliphatic carboxylic acids is 1. The second-order valence-corrected chi connectivity index (χ2v) is 6.85. The predicted octanol–water partition coefficient (Wildman–Crippen LogP) is 0.778. The van der Waals surface area contributed by atoms with E-state index in [1.54, 1.807) is 16.7 Å². The van der Waals surface area contributed by atoms with Gasteiger partial charge in [0.05, 0.1) is 18.5 Å². The van der Waals surface area contributed by atoms with Crippen LogP contribution in [0.25, 0.3) is 0 Å². The summed E-state index contributed by atoms with van der Waals surface area (Å²) in [6.07, 6.45) is -0.00436. The molecule has 1 fully saturated rings. The van der Waals surface area contributed by atoms with E-state index in [-0.39, 0.29) is 23.8 Å². The quantitative estimate of drug-likeness (QED) is 0.794. The Kier molecular flexibility index (Phi) is 5.04. The van der Waals surface area contributed by atoms with Crippen LogP contribution < -0.4 is 5.73 Å². The molecule has 0 spiro atoms. The van der Waals surface area contributed by atoms with Gasteiger partial charge in [0.25, 0.3) is 0 Å². The van der Waals surface area contributed by atoms with Crippen molar-refractivity contribution in [3.63, 3.8) is 0 Å². The summed E-state index contributed by atoms with van der Waals surface area (Å²) in [5.74, 6) is 0.520. The Labute approximate surface area is 112 Å².